The van der Waals surface area contributed by atoms with Gasteiger partial charge in [0.15, 0.2) is 22.1 Å². The van der Waals surface area contributed by atoms with Crippen molar-refractivity contribution in [2.24, 2.45) is 0 Å². The quantitative estimate of drug-likeness (QED) is 0.173. The van der Waals surface area contributed by atoms with Crippen LogP contribution >= 0.6 is 57.2 Å². The van der Waals surface area contributed by atoms with E-state index in [1.807, 2.05) is 34.0 Å². The van der Waals surface area contributed by atoms with E-state index in [4.69, 9.17) is 42.0 Å². The summed E-state index contributed by atoms with van der Waals surface area (Å²) in [6.45, 7) is 0. The highest BCUT2D eigenvalue weighted by molar-refractivity contribution is 7.27. The second-order valence-corrected chi connectivity index (χ2v) is 25.9. The fourth-order valence-corrected chi connectivity index (χ4v) is 17.6. The van der Waals surface area contributed by atoms with Gasteiger partial charge in [0, 0.05) is 125 Å². The van der Waals surface area contributed by atoms with Gasteiger partial charge in [-0.2, -0.15) is 0 Å². The Morgan fingerprint density at radius 3 is 1.49 bits per heavy atom. The first-order chi connectivity index (χ1) is 43.5. The van der Waals surface area contributed by atoms with Gasteiger partial charge >= 0.3 is 0 Å². The lowest BCUT2D eigenvalue weighted by molar-refractivity contribution is 0.662. The molecule has 88 heavy (non-hydrogen) atoms. The molecule has 0 aliphatic carbocycles. The lowest BCUT2D eigenvalue weighted by atomic mass is 10.1. The lowest BCUT2D eigenvalue weighted by Gasteiger charge is -2.08. The third-order valence-corrected chi connectivity index (χ3v) is 21.3. The molecule has 0 unspecified atom stereocenters. The number of thiophene rings is 3. The number of furan rings is 2. The number of benzene rings is 11. The molecule has 0 saturated heterocycles. The first kappa shape index (κ1) is 50.0. The summed E-state index contributed by atoms with van der Waals surface area (Å²) in [5, 5.41) is 18.3. The second kappa shape index (κ2) is 19.2. The monoisotopic (exact) mass is 1220 g/mol. The molecule has 1 N–H and O–H groups in total. The van der Waals surface area contributed by atoms with Crippen LogP contribution in [-0.2, 0) is 0 Å². The number of aromatic nitrogens is 7. The fraction of sp³-hybridized carbons (Fsp3) is 0. The molecule has 0 spiro atoms. The minimum absolute atomic E-state index is 0.312. The van der Waals surface area contributed by atoms with Crippen molar-refractivity contribution in [3.05, 3.63) is 241 Å². The van der Waals surface area contributed by atoms with E-state index in [0.717, 1.165) is 44.4 Å². The average molecular weight is 1230 g/mol. The topological polar surface area (TPSA) is 103 Å². The molecular weight excluding hydrogens is 1190 g/mol. The summed E-state index contributed by atoms with van der Waals surface area (Å²) < 4.78 is 24.9. The van der Waals surface area contributed by atoms with Crippen LogP contribution < -0.4 is 0 Å². The summed E-state index contributed by atoms with van der Waals surface area (Å²) in [5.41, 5.74) is 12.2. The first-order valence-corrected chi connectivity index (χ1v) is 31.8. The average Bonchev–Trinajstić information content (AvgIpc) is 1.62. The van der Waals surface area contributed by atoms with Gasteiger partial charge in [-0.3, -0.25) is 4.57 Å². The summed E-state index contributed by atoms with van der Waals surface area (Å²) in [5.74, 6) is 0.739. The van der Waals surface area contributed by atoms with Crippen LogP contribution in [0.4, 0.5) is 0 Å². The smallest absolute Gasteiger partial charge is 0.197 e. The minimum Gasteiger partial charge on any atom is -0.451 e. The van der Waals surface area contributed by atoms with Crippen molar-refractivity contribution in [1.29, 1.82) is 0 Å². The molecule has 414 valence electrons. The highest BCUT2D eigenvalue weighted by Crippen LogP contribution is 2.47. The van der Waals surface area contributed by atoms with Crippen molar-refractivity contribution in [3.63, 3.8) is 0 Å². The van der Waals surface area contributed by atoms with E-state index in [1.165, 1.54) is 121 Å². The van der Waals surface area contributed by atoms with Crippen LogP contribution in [0, 0.1) is 0 Å². The Morgan fingerprint density at radius 2 is 0.841 bits per heavy atom. The Hall–Kier alpha value is -10.2. The second-order valence-electron chi connectivity index (χ2n) is 22.0. The summed E-state index contributed by atoms with van der Waals surface area (Å²) in [4.78, 5) is 21.3. The van der Waals surface area contributed by atoms with Crippen LogP contribution in [0.2, 0.25) is 10.2 Å². The number of hydrogen-bond donors (Lipinski definition) is 1. The van der Waals surface area contributed by atoms with Crippen LogP contribution in [0.5, 0.6) is 0 Å². The molecule has 0 bridgehead atoms. The number of halogens is 2. The van der Waals surface area contributed by atoms with Crippen molar-refractivity contribution < 1.29 is 8.83 Å². The standard InChI is InChI=1S/C46H24N4OS2.C18H11NS.C10H4Cl2N2O/c1-5-13-33-30(11-1)40-35(20-18-28-26-9-3-7-15-38(26)52-44(28)40)49(33)25-17-22-37-32(23-25)42-43(51-37)46(48-24-47-42)50-34-14-6-2-12-31(34)41-36(50)21-19-29-27-10-4-8-16-39(27)53-45(29)41;1-3-7-14-13(6-1)17-15(19-14)10-9-12-11-5-2-4-8-16(11)20-18(12)17;11-5-1-2-7-6(3-5)8-9(15-7)10(12)14-4-13-8/h1-24H;1-10,19H;1-4H. The normalized spacial score (nSPS) is 12.2. The first-order valence-electron chi connectivity index (χ1n) is 28.6. The summed E-state index contributed by atoms with van der Waals surface area (Å²) >= 11 is 17.4. The van der Waals surface area contributed by atoms with E-state index < -0.39 is 0 Å². The molecule has 11 aromatic carbocycles. The maximum Gasteiger partial charge on any atom is 0.197 e. The lowest BCUT2D eigenvalue weighted by Crippen LogP contribution is -1.98. The number of nitrogens with one attached hydrogen (secondary N) is 1. The molecule has 21 aromatic rings. The van der Waals surface area contributed by atoms with Crippen molar-refractivity contribution in [2.45, 2.75) is 0 Å². The molecule has 0 atom stereocenters. The number of nitrogens with zero attached hydrogens (tertiary/aromatic N) is 6. The van der Waals surface area contributed by atoms with Gasteiger partial charge in [0.25, 0.3) is 0 Å². The molecular formula is C74H39Cl2N7O2S3. The zero-order valence-corrected chi connectivity index (χ0v) is 49.9. The zero-order chi connectivity index (χ0) is 57.9. The number of rotatable bonds is 2. The van der Waals surface area contributed by atoms with E-state index in [0.29, 0.717) is 32.4 Å². The maximum absolute atomic E-state index is 6.73. The van der Waals surface area contributed by atoms with Crippen LogP contribution in [-0.4, -0.2) is 34.1 Å². The number of hydrogen-bond acceptors (Lipinski definition) is 9. The van der Waals surface area contributed by atoms with Crippen molar-refractivity contribution >= 4 is 227 Å². The Bertz CT molecular complexity index is 6520. The Balaban J connectivity index is 0.000000129. The molecule has 9 nitrogen and oxygen atoms in total. The van der Waals surface area contributed by atoms with Crippen molar-refractivity contribution in [1.82, 2.24) is 34.1 Å². The van der Waals surface area contributed by atoms with Crippen LogP contribution in [0.3, 0.4) is 0 Å². The van der Waals surface area contributed by atoms with Crippen LogP contribution in [0.25, 0.3) is 182 Å². The van der Waals surface area contributed by atoms with Gasteiger partial charge in [0.05, 0.1) is 22.1 Å². The molecule has 10 aromatic heterocycles. The molecule has 14 heteroatoms. The Morgan fingerprint density at radius 1 is 0.352 bits per heavy atom. The molecule has 0 saturated carbocycles. The molecule has 0 aliphatic heterocycles. The van der Waals surface area contributed by atoms with Crippen LogP contribution in [0.15, 0.2) is 240 Å². The number of H-pyrrole nitrogens is 1. The van der Waals surface area contributed by atoms with Gasteiger partial charge in [-0.1, -0.05) is 151 Å². The molecule has 21 rings (SSSR count). The molecule has 10 heterocycles. The van der Waals surface area contributed by atoms with Gasteiger partial charge in [-0.15, -0.1) is 34.0 Å². The third kappa shape index (κ3) is 7.32. The van der Waals surface area contributed by atoms with Crippen molar-refractivity contribution in [2.75, 3.05) is 0 Å². The summed E-state index contributed by atoms with van der Waals surface area (Å²) in [6, 6.07) is 77.3. The van der Waals surface area contributed by atoms with Gasteiger partial charge in [0.2, 0.25) is 0 Å². The van der Waals surface area contributed by atoms with E-state index in [-0.39, 0.29) is 0 Å². The number of aromatic amines is 1. The molecule has 0 aliphatic rings. The largest absolute Gasteiger partial charge is 0.451 e. The highest BCUT2D eigenvalue weighted by atomic mass is 35.5. The van der Waals surface area contributed by atoms with Gasteiger partial charge in [0.1, 0.15) is 34.9 Å². The maximum atomic E-state index is 6.73. The van der Waals surface area contributed by atoms with Crippen LogP contribution in [0.1, 0.15) is 0 Å². The summed E-state index contributed by atoms with van der Waals surface area (Å²) in [7, 11) is 0. The van der Waals surface area contributed by atoms with E-state index >= 15 is 0 Å². The fourth-order valence-electron chi connectivity index (χ4n) is 13.5. The zero-order valence-electron chi connectivity index (χ0n) is 45.9. The Kier molecular flexibility index (Phi) is 10.9. The van der Waals surface area contributed by atoms with E-state index in [2.05, 4.69) is 224 Å². The molecule has 0 fully saturated rings. The predicted molar refractivity (Wildman–Crippen MR) is 372 cm³/mol. The third-order valence-electron chi connectivity index (χ3n) is 17.2. The molecule has 0 amide bonds. The molecule has 0 radical (unpaired) electrons. The number of fused-ring (bicyclic) bond motifs is 27. The predicted octanol–water partition coefficient (Wildman–Crippen LogP) is 22.7. The highest BCUT2D eigenvalue weighted by Gasteiger charge is 2.24. The van der Waals surface area contributed by atoms with Gasteiger partial charge < -0.3 is 18.4 Å². The van der Waals surface area contributed by atoms with Gasteiger partial charge in [-0.05, 0) is 91.0 Å². The minimum atomic E-state index is 0.312. The number of para-hydroxylation sites is 3. The van der Waals surface area contributed by atoms with Gasteiger partial charge in [-0.25, -0.2) is 19.9 Å². The summed E-state index contributed by atoms with van der Waals surface area (Å²) in [6.07, 6.45) is 3.08. The van der Waals surface area contributed by atoms with E-state index in [1.54, 1.807) is 24.5 Å². The Labute approximate surface area is 519 Å². The SMILES string of the molecule is Clc1ccc2oc3c(Cl)ncnc3c2c1.c1ccc2c(c1)[nH]c1ccc3c4ccccc4sc3c12.c1ccc2c(c1)sc1c2ccc2c1c1ccccc1n2-c1ccc2oc3c(-n4c5ccccc5c5c6sc7ccccc7c6ccc54)ncnc3c2c1. The van der Waals surface area contributed by atoms with Crippen molar-refractivity contribution in [3.8, 4) is 11.5 Å². The van der Waals surface area contributed by atoms with E-state index in [9.17, 15) is 0 Å².